The van der Waals surface area contributed by atoms with Crippen molar-refractivity contribution >= 4 is 24.0 Å². The predicted molar refractivity (Wildman–Crippen MR) is 199 cm³/mol. The normalized spacial score (nSPS) is 20.6. The van der Waals surface area contributed by atoms with Gasteiger partial charge in [0, 0.05) is 25.6 Å². The van der Waals surface area contributed by atoms with Gasteiger partial charge >= 0.3 is 12.2 Å². The Bertz CT molecular complexity index is 2140. The van der Waals surface area contributed by atoms with Gasteiger partial charge in [0.25, 0.3) is 0 Å². The number of aromatic nitrogens is 4. The summed E-state index contributed by atoms with van der Waals surface area (Å²) in [5.74, 6) is 1.06. The van der Waals surface area contributed by atoms with Gasteiger partial charge in [0.1, 0.15) is 23.7 Å². The second kappa shape index (κ2) is 13.6. The number of ether oxygens (including phenoxy) is 1. The zero-order chi connectivity index (χ0) is 37.9. The Morgan fingerprint density at radius 2 is 1.37 bits per heavy atom. The quantitative estimate of drug-likeness (QED) is 0.171. The Morgan fingerprint density at radius 3 is 1.83 bits per heavy atom. The number of hydrogen-bond acceptors (Lipinski definition) is 7. The summed E-state index contributed by atoms with van der Waals surface area (Å²) in [6.07, 6.45) is 8.39. The number of alkyl carbamates (subject to hydrolysis) is 1. The standard InChI is InChI=1S/C40H46N8O6/c1-22(43-38(51)54-4)36(49)47-16-5-8-32(47)34-41-20-30(44-34)24-10-12-26-27-13-11-25(19-29(27)40(14-7-15-40)28(26)18-24)31-21-42-35(45-31)33-9-6-17-48(33)37(50)23(2)46(3)39(52)53/h10-13,18-23,32-33H,5-9,14-17H2,1-4H3,(H,41,44)(H,42,45)(H,43,51)(H,52,53)/t22-,23-,32-,33-/m0/s1. The molecule has 3 fully saturated rings. The number of carboxylic acid groups (broad SMARTS) is 1. The largest absolute Gasteiger partial charge is 0.465 e. The lowest BCUT2D eigenvalue weighted by molar-refractivity contribution is -0.136. The molecule has 1 spiro atoms. The Labute approximate surface area is 313 Å². The Morgan fingerprint density at radius 1 is 0.852 bits per heavy atom. The molecule has 2 saturated heterocycles. The van der Waals surface area contributed by atoms with Gasteiger partial charge in [-0.15, -0.1) is 0 Å². The molecule has 2 aliphatic carbocycles. The SMILES string of the molecule is COC(=O)N[C@@H](C)C(=O)N1CCC[C@H]1c1ncc(-c2ccc3c(c2)C2(CCC2)c2cc(-c4cnc([C@@H]5CCCN5C(=O)[C@H](C)N(C)C(=O)O)[nH]4)ccc2-3)[nH]1. The molecule has 0 unspecified atom stereocenters. The van der Waals surface area contributed by atoms with Crippen LogP contribution in [0.15, 0.2) is 48.8 Å². The molecule has 0 radical (unpaired) electrons. The van der Waals surface area contributed by atoms with Gasteiger partial charge in [-0.1, -0.05) is 30.7 Å². The molecule has 14 nitrogen and oxygen atoms in total. The third kappa shape index (κ3) is 5.78. The summed E-state index contributed by atoms with van der Waals surface area (Å²) in [7, 11) is 2.70. The van der Waals surface area contributed by atoms with Crippen molar-refractivity contribution < 1.29 is 29.0 Å². The molecule has 4 heterocycles. The second-order valence-electron chi connectivity index (χ2n) is 15.1. The van der Waals surface area contributed by atoms with E-state index in [-0.39, 0.29) is 29.3 Å². The highest BCUT2D eigenvalue weighted by molar-refractivity contribution is 5.87. The molecule has 2 aliphatic heterocycles. The molecule has 4 N–H and O–H groups in total. The van der Waals surface area contributed by atoms with Crippen LogP contribution in [-0.4, -0.2) is 103 Å². The third-order valence-corrected chi connectivity index (χ3v) is 12.2. The van der Waals surface area contributed by atoms with Crippen molar-refractivity contribution in [3.8, 4) is 33.6 Å². The van der Waals surface area contributed by atoms with E-state index in [9.17, 15) is 24.3 Å². The van der Waals surface area contributed by atoms with E-state index in [1.807, 2.05) is 12.4 Å². The number of H-pyrrole nitrogens is 2. The molecule has 4 aromatic rings. The highest BCUT2D eigenvalue weighted by Gasteiger charge is 2.48. The number of carbonyl (C=O) groups excluding carboxylic acids is 3. The van der Waals surface area contributed by atoms with Crippen LogP contribution in [0.3, 0.4) is 0 Å². The molecular weight excluding hydrogens is 688 g/mol. The molecule has 1 saturated carbocycles. The van der Waals surface area contributed by atoms with Gasteiger partial charge in [0.2, 0.25) is 11.8 Å². The number of imidazole rings is 2. The number of methoxy groups -OCH3 is 1. The summed E-state index contributed by atoms with van der Waals surface area (Å²) in [6, 6.07) is 11.3. The van der Waals surface area contributed by atoms with Gasteiger partial charge in [-0.2, -0.15) is 0 Å². The summed E-state index contributed by atoms with van der Waals surface area (Å²) < 4.78 is 4.68. The Balaban J connectivity index is 1.03. The van der Waals surface area contributed by atoms with Crippen LogP contribution in [0, 0.1) is 0 Å². The summed E-state index contributed by atoms with van der Waals surface area (Å²) in [6.45, 7) is 4.44. The number of carbonyl (C=O) groups is 4. The first-order valence-corrected chi connectivity index (χ1v) is 18.8. The fourth-order valence-corrected chi connectivity index (χ4v) is 8.95. The second-order valence-corrected chi connectivity index (χ2v) is 15.1. The number of nitrogens with one attached hydrogen (secondary N) is 3. The first-order valence-electron chi connectivity index (χ1n) is 18.8. The number of amides is 4. The summed E-state index contributed by atoms with van der Waals surface area (Å²) in [4.78, 5) is 70.9. The molecule has 4 amide bonds. The minimum Gasteiger partial charge on any atom is -0.465 e. The fraction of sp³-hybridized carbons (Fsp3) is 0.450. The molecule has 0 bridgehead atoms. The lowest BCUT2D eigenvalue weighted by Crippen LogP contribution is -2.47. The number of nitrogens with zero attached hydrogens (tertiary/aromatic N) is 5. The van der Waals surface area contributed by atoms with Crippen LogP contribution in [-0.2, 0) is 19.7 Å². The number of aromatic amines is 2. The number of benzene rings is 2. The van der Waals surface area contributed by atoms with Crippen LogP contribution in [0.2, 0.25) is 0 Å². The predicted octanol–water partition coefficient (Wildman–Crippen LogP) is 5.99. The lowest BCUT2D eigenvalue weighted by Gasteiger charge is -2.41. The summed E-state index contributed by atoms with van der Waals surface area (Å²) in [5.41, 5.74) is 8.89. The van der Waals surface area contributed by atoms with Gasteiger partial charge in [0.15, 0.2) is 0 Å². The van der Waals surface area contributed by atoms with Crippen molar-refractivity contribution in [2.75, 3.05) is 27.2 Å². The van der Waals surface area contributed by atoms with Crippen LogP contribution in [0.4, 0.5) is 9.59 Å². The van der Waals surface area contributed by atoms with Crippen LogP contribution in [0.25, 0.3) is 33.6 Å². The van der Waals surface area contributed by atoms with E-state index in [1.54, 1.807) is 23.6 Å². The lowest BCUT2D eigenvalue weighted by atomic mass is 9.62. The van der Waals surface area contributed by atoms with E-state index in [4.69, 9.17) is 9.97 Å². The van der Waals surface area contributed by atoms with Gasteiger partial charge in [-0.05, 0) is 97.9 Å². The van der Waals surface area contributed by atoms with E-state index >= 15 is 0 Å². The average Bonchev–Trinajstić information content (AvgIpc) is 4.00. The van der Waals surface area contributed by atoms with Crippen molar-refractivity contribution in [1.82, 2.24) is 40.0 Å². The smallest absolute Gasteiger partial charge is 0.407 e. The number of rotatable bonds is 8. The van der Waals surface area contributed by atoms with Crippen LogP contribution < -0.4 is 5.32 Å². The maximum absolute atomic E-state index is 13.3. The zero-order valence-electron chi connectivity index (χ0n) is 31.0. The minimum absolute atomic E-state index is 0.0825. The summed E-state index contributed by atoms with van der Waals surface area (Å²) >= 11 is 0. The van der Waals surface area contributed by atoms with Crippen molar-refractivity contribution in [1.29, 1.82) is 0 Å². The van der Waals surface area contributed by atoms with E-state index in [2.05, 4.69) is 56.4 Å². The van der Waals surface area contributed by atoms with Crippen molar-refractivity contribution in [2.45, 2.75) is 88.4 Å². The van der Waals surface area contributed by atoms with Gasteiger partial charge in [-0.3, -0.25) is 14.5 Å². The fourth-order valence-electron chi connectivity index (χ4n) is 8.95. The van der Waals surface area contributed by atoms with Crippen molar-refractivity contribution in [3.05, 3.63) is 71.6 Å². The Hall–Kier alpha value is -5.66. The van der Waals surface area contributed by atoms with E-state index < -0.39 is 24.3 Å². The number of fused-ring (bicyclic) bond motifs is 5. The van der Waals surface area contributed by atoms with Gasteiger partial charge < -0.3 is 34.9 Å². The van der Waals surface area contributed by atoms with Crippen molar-refractivity contribution in [3.63, 3.8) is 0 Å². The molecule has 282 valence electrons. The third-order valence-electron chi connectivity index (χ3n) is 12.2. The first kappa shape index (κ1) is 35.4. The topological polar surface area (TPSA) is 177 Å². The van der Waals surface area contributed by atoms with E-state index in [1.165, 1.54) is 36.4 Å². The molecule has 8 rings (SSSR count). The molecule has 14 heteroatoms. The van der Waals surface area contributed by atoms with Crippen LogP contribution in [0.1, 0.15) is 93.7 Å². The minimum atomic E-state index is -1.13. The molecule has 2 aromatic carbocycles. The highest BCUT2D eigenvalue weighted by Crippen LogP contribution is 2.59. The maximum Gasteiger partial charge on any atom is 0.407 e. The molecule has 4 atom stereocenters. The van der Waals surface area contributed by atoms with Crippen LogP contribution >= 0.6 is 0 Å². The number of likely N-dealkylation sites (N-methyl/N-ethyl adjacent to an activating group) is 1. The zero-order valence-corrected chi connectivity index (χ0v) is 31.0. The molecule has 2 aromatic heterocycles. The molecule has 4 aliphatic rings. The van der Waals surface area contributed by atoms with Gasteiger partial charge in [0.05, 0.1) is 43.0 Å². The van der Waals surface area contributed by atoms with E-state index in [0.717, 1.165) is 78.2 Å². The van der Waals surface area contributed by atoms with E-state index in [0.29, 0.717) is 18.9 Å². The Kier molecular flexibility index (Phi) is 8.93. The number of hydrogen-bond donors (Lipinski definition) is 4. The monoisotopic (exact) mass is 734 g/mol. The summed E-state index contributed by atoms with van der Waals surface area (Å²) in [5, 5.41) is 12.0. The van der Waals surface area contributed by atoms with Crippen molar-refractivity contribution in [2.24, 2.45) is 0 Å². The molecule has 54 heavy (non-hydrogen) atoms. The number of likely N-dealkylation sites (tertiary alicyclic amines) is 2. The van der Waals surface area contributed by atoms with Gasteiger partial charge in [-0.25, -0.2) is 19.6 Å². The first-order chi connectivity index (χ1) is 26.0. The molecular formula is C40H46N8O6. The highest BCUT2D eigenvalue weighted by atomic mass is 16.5. The average molecular weight is 735 g/mol. The van der Waals surface area contributed by atoms with Crippen LogP contribution in [0.5, 0.6) is 0 Å². The maximum atomic E-state index is 13.3.